The second-order valence-corrected chi connectivity index (χ2v) is 6.20. The molecule has 0 fully saturated rings. The van der Waals surface area contributed by atoms with Gasteiger partial charge in [0.25, 0.3) is 11.8 Å². The molecule has 30 heavy (non-hydrogen) atoms. The number of nitrogens with zero attached hydrogens (tertiary/aromatic N) is 2. The van der Waals surface area contributed by atoms with Crippen molar-refractivity contribution in [2.45, 2.75) is 13.1 Å². The van der Waals surface area contributed by atoms with Crippen LogP contribution in [0.4, 0.5) is 13.2 Å². The fourth-order valence-electron chi connectivity index (χ4n) is 2.72. The molecule has 10 heteroatoms. The van der Waals surface area contributed by atoms with E-state index in [9.17, 15) is 22.8 Å². The molecule has 3 rings (SSSR count). The van der Waals surface area contributed by atoms with Crippen LogP contribution in [0.2, 0.25) is 0 Å². The smallest absolute Gasteiger partial charge is 0.269 e. The molecule has 2 aromatic carbocycles. The van der Waals surface area contributed by atoms with E-state index < -0.39 is 41.4 Å². The van der Waals surface area contributed by atoms with E-state index in [1.807, 2.05) is 0 Å². The normalized spacial score (nSPS) is 10.7. The molecule has 0 radical (unpaired) electrons. The maximum Gasteiger partial charge on any atom is 0.269 e. The fourth-order valence-corrected chi connectivity index (χ4v) is 2.72. The Hall–Kier alpha value is -3.79. The van der Waals surface area contributed by atoms with Gasteiger partial charge in [-0.3, -0.25) is 14.6 Å². The molecule has 0 saturated heterocycles. The summed E-state index contributed by atoms with van der Waals surface area (Å²) >= 11 is 0. The van der Waals surface area contributed by atoms with Gasteiger partial charge >= 0.3 is 0 Å². The number of nitrogens with one attached hydrogen (secondary N) is 1. The topological polar surface area (TPSA) is 124 Å². The molecule has 1 heterocycles. The number of carbonyl (C=O) groups excluding carboxylic acids is 2. The first-order chi connectivity index (χ1) is 14.3. The van der Waals surface area contributed by atoms with E-state index in [4.69, 9.17) is 11.5 Å². The Morgan fingerprint density at radius 3 is 2.50 bits per heavy atom. The zero-order valence-corrected chi connectivity index (χ0v) is 15.5. The zero-order chi connectivity index (χ0) is 21.8. The summed E-state index contributed by atoms with van der Waals surface area (Å²) in [5, 5.41) is 2.34. The van der Waals surface area contributed by atoms with E-state index in [2.05, 4.69) is 15.3 Å². The molecular weight excluding hydrogens is 399 g/mol. The molecule has 0 aliphatic heterocycles. The van der Waals surface area contributed by atoms with Gasteiger partial charge in [-0.05, 0) is 24.3 Å². The van der Waals surface area contributed by atoms with Gasteiger partial charge in [0.1, 0.15) is 5.82 Å². The molecule has 1 aromatic heterocycles. The van der Waals surface area contributed by atoms with Gasteiger partial charge in [0.2, 0.25) is 0 Å². The number of benzene rings is 2. The number of primary amides is 1. The number of hydrogen-bond acceptors (Lipinski definition) is 5. The number of amides is 2. The zero-order valence-electron chi connectivity index (χ0n) is 15.5. The van der Waals surface area contributed by atoms with E-state index >= 15 is 0 Å². The van der Waals surface area contributed by atoms with Crippen molar-refractivity contribution >= 4 is 11.8 Å². The van der Waals surface area contributed by atoms with E-state index in [1.54, 1.807) is 12.1 Å². The standard InChI is InChI=1S/C20H16F3N5O2/c21-13-4-5-14(22)17(23)12(13)8-27-20(30)11-3-1-2-10(6-11)16-9-26-15(7-24)18(28-16)19(25)29/h1-6,9H,7-8,24H2,(H2,25,29)(H,27,30). The van der Waals surface area contributed by atoms with Crippen molar-refractivity contribution in [3.05, 3.63) is 82.6 Å². The summed E-state index contributed by atoms with van der Waals surface area (Å²) in [6.07, 6.45) is 1.38. The lowest BCUT2D eigenvalue weighted by Crippen LogP contribution is -2.24. The van der Waals surface area contributed by atoms with Crippen LogP contribution < -0.4 is 16.8 Å². The maximum absolute atomic E-state index is 13.7. The number of nitrogens with two attached hydrogens (primary N) is 2. The Balaban J connectivity index is 1.84. The molecule has 0 bridgehead atoms. The first kappa shape index (κ1) is 20.9. The number of hydrogen-bond donors (Lipinski definition) is 3. The number of rotatable bonds is 6. The number of halogens is 3. The van der Waals surface area contributed by atoms with Crippen LogP contribution in [0, 0.1) is 17.5 Å². The summed E-state index contributed by atoms with van der Waals surface area (Å²) in [5.74, 6) is -5.00. The van der Waals surface area contributed by atoms with E-state index in [1.165, 1.54) is 18.3 Å². The van der Waals surface area contributed by atoms with E-state index in [0.717, 1.165) is 6.07 Å². The fraction of sp³-hybridized carbons (Fsp3) is 0.100. The summed E-state index contributed by atoms with van der Waals surface area (Å²) < 4.78 is 40.7. The van der Waals surface area contributed by atoms with Crippen molar-refractivity contribution in [3.8, 4) is 11.3 Å². The summed E-state index contributed by atoms with van der Waals surface area (Å²) in [6, 6.07) is 7.53. The predicted octanol–water partition coefficient (Wildman–Crippen LogP) is 2.05. The highest BCUT2D eigenvalue weighted by molar-refractivity contribution is 5.95. The molecule has 0 saturated carbocycles. The third-order valence-corrected chi connectivity index (χ3v) is 4.26. The lowest BCUT2D eigenvalue weighted by Gasteiger charge is -2.10. The van der Waals surface area contributed by atoms with Gasteiger partial charge in [-0.25, -0.2) is 18.2 Å². The molecule has 154 valence electrons. The van der Waals surface area contributed by atoms with Crippen LogP contribution in [-0.2, 0) is 13.1 Å². The summed E-state index contributed by atoms with van der Waals surface area (Å²) in [6.45, 7) is -0.573. The lowest BCUT2D eigenvalue weighted by molar-refractivity contribution is 0.0948. The van der Waals surface area contributed by atoms with Crippen LogP contribution in [0.5, 0.6) is 0 Å². The van der Waals surface area contributed by atoms with Crippen molar-refractivity contribution in [2.75, 3.05) is 0 Å². The number of carbonyl (C=O) groups is 2. The molecule has 2 amide bonds. The highest BCUT2D eigenvalue weighted by Crippen LogP contribution is 2.20. The Kier molecular flexibility index (Phi) is 6.07. The summed E-state index contributed by atoms with van der Waals surface area (Å²) in [5.41, 5.74) is 11.2. The van der Waals surface area contributed by atoms with Crippen LogP contribution in [0.1, 0.15) is 32.1 Å². The van der Waals surface area contributed by atoms with Gasteiger partial charge in [-0.15, -0.1) is 0 Å². The first-order valence-electron chi connectivity index (χ1n) is 8.68. The minimum Gasteiger partial charge on any atom is -0.364 e. The van der Waals surface area contributed by atoms with Crippen LogP contribution >= 0.6 is 0 Å². The minimum absolute atomic E-state index is 0.0266. The highest BCUT2D eigenvalue weighted by Gasteiger charge is 2.16. The minimum atomic E-state index is -1.36. The van der Waals surface area contributed by atoms with Gasteiger partial charge in [-0.2, -0.15) is 0 Å². The van der Waals surface area contributed by atoms with Gasteiger partial charge in [-0.1, -0.05) is 12.1 Å². The van der Waals surface area contributed by atoms with Crippen LogP contribution in [0.15, 0.2) is 42.6 Å². The molecule has 3 aromatic rings. The predicted molar refractivity (Wildman–Crippen MR) is 101 cm³/mol. The van der Waals surface area contributed by atoms with Gasteiger partial charge in [0.05, 0.1) is 17.6 Å². The quantitative estimate of drug-likeness (QED) is 0.532. The third kappa shape index (κ3) is 4.28. The molecule has 0 aliphatic carbocycles. The van der Waals surface area contributed by atoms with Gasteiger partial charge in [0.15, 0.2) is 17.3 Å². The maximum atomic E-state index is 13.7. The third-order valence-electron chi connectivity index (χ3n) is 4.26. The van der Waals surface area contributed by atoms with Crippen molar-refractivity contribution in [3.63, 3.8) is 0 Å². The van der Waals surface area contributed by atoms with Crippen molar-refractivity contribution in [2.24, 2.45) is 11.5 Å². The van der Waals surface area contributed by atoms with E-state index in [-0.39, 0.29) is 29.2 Å². The second-order valence-electron chi connectivity index (χ2n) is 6.20. The highest BCUT2D eigenvalue weighted by atomic mass is 19.2. The average Bonchev–Trinajstić information content (AvgIpc) is 2.75. The molecule has 0 aliphatic rings. The average molecular weight is 415 g/mol. The molecule has 7 nitrogen and oxygen atoms in total. The Labute approximate surface area is 168 Å². The van der Waals surface area contributed by atoms with Crippen molar-refractivity contribution < 1.29 is 22.8 Å². The van der Waals surface area contributed by atoms with Crippen molar-refractivity contribution in [1.82, 2.24) is 15.3 Å². The monoisotopic (exact) mass is 415 g/mol. The molecule has 5 N–H and O–H groups in total. The van der Waals surface area contributed by atoms with Crippen molar-refractivity contribution in [1.29, 1.82) is 0 Å². The van der Waals surface area contributed by atoms with Crippen LogP contribution in [-0.4, -0.2) is 21.8 Å². The summed E-state index contributed by atoms with van der Waals surface area (Å²) in [4.78, 5) is 32.2. The van der Waals surface area contributed by atoms with Crippen LogP contribution in [0.3, 0.4) is 0 Å². The second kappa shape index (κ2) is 8.70. The Morgan fingerprint density at radius 2 is 1.80 bits per heavy atom. The summed E-state index contributed by atoms with van der Waals surface area (Å²) in [7, 11) is 0. The van der Waals surface area contributed by atoms with Gasteiger partial charge in [0, 0.05) is 29.8 Å². The first-order valence-corrected chi connectivity index (χ1v) is 8.68. The molecule has 0 spiro atoms. The Morgan fingerprint density at radius 1 is 1.07 bits per heavy atom. The number of aromatic nitrogens is 2. The van der Waals surface area contributed by atoms with E-state index in [0.29, 0.717) is 11.6 Å². The lowest BCUT2D eigenvalue weighted by atomic mass is 10.1. The molecule has 0 atom stereocenters. The van der Waals surface area contributed by atoms with Gasteiger partial charge < -0.3 is 16.8 Å². The molecule has 0 unspecified atom stereocenters. The Bertz CT molecular complexity index is 1140. The SMILES string of the molecule is NCc1ncc(-c2cccc(C(=O)NCc3c(F)ccc(F)c3F)c2)nc1C(N)=O. The molecular formula is C20H16F3N5O2. The van der Waals surface area contributed by atoms with Crippen LogP contribution in [0.25, 0.3) is 11.3 Å². The largest absolute Gasteiger partial charge is 0.364 e.